The molecule has 9 nitrogen and oxygen atoms in total. The summed E-state index contributed by atoms with van der Waals surface area (Å²) < 4.78 is 32.6. The summed E-state index contributed by atoms with van der Waals surface area (Å²) in [7, 11) is 1.39. The van der Waals surface area contributed by atoms with E-state index in [2.05, 4.69) is 10.4 Å². The molecule has 3 aromatic rings. The maximum absolute atomic E-state index is 14.7. The number of hydrogen-bond donors (Lipinski definition) is 2. The number of rotatable bonds is 9. The standard InChI is InChI=1S/C28H31FN4O4.C4H8O/c1-5-17(3)26(37-16-18-12-19-10-11-30-14-21(19)23(29)13-18)20(6-2)24-8-7-9-25(32-24)33-27(36-4)22(15-31-33)28(34)35;1-2-4-5-3-1/h6-9,12-13,15,30H,5,10-11,14,16H2,1-4H3,(H,34,35);1-4H2/b20-6-,26-17+;. The van der Waals surface area contributed by atoms with Gasteiger partial charge in [0, 0.05) is 30.9 Å². The summed E-state index contributed by atoms with van der Waals surface area (Å²) in [5.41, 5.74) is 4.88. The van der Waals surface area contributed by atoms with Gasteiger partial charge in [-0.25, -0.2) is 14.2 Å². The zero-order valence-corrected chi connectivity index (χ0v) is 24.7. The van der Waals surface area contributed by atoms with Crippen LogP contribution in [0.2, 0.25) is 0 Å². The van der Waals surface area contributed by atoms with Crippen molar-refractivity contribution in [1.82, 2.24) is 20.1 Å². The Morgan fingerprint density at radius 1 is 1.26 bits per heavy atom. The van der Waals surface area contributed by atoms with Crippen molar-refractivity contribution in [2.45, 2.75) is 59.6 Å². The second-order valence-electron chi connectivity index (χ2n) is 10.1. The van der Waals surface area contributed by atoms with Crippen molar-refractivity contribution in [3.63, 3.8) is 0 Å². The summed E-state index contributed by atoms with van der Waals surface area (Å²) in [6.45, 7) is 9.54. The maximum atomic E-state index is 14.7. The van der Waals surface area contributed by atoms with Crippen molar-refractivity contribution in [2.75, 3.05) is 26.9 Å². The lowest BCUT2D eigenvalue weighted by Gasteiger charge is -2.20. The number of carboxylic acids is 1. The molecule has 2 aliphatic heterocycles. The molecule has 0 amide bonds. The number of pyridine rings is 1. The molecule has 0 spiro atoms. The van der Waals surface area contributed by atoms with Crippen LogP contribution in [0.1, 0.15) is 72.8 Å². The highest BCUT2D eigenvalue weighted by atomic mass is 19.1. The first-order valence-corrected chi connectivity index (χ1v) is 14.3. The van der Waals surface area contributed by atoms with Crippen molar-refractivity contribution < 1.29 is 28.5 Å². The molecule has 1 aromatic carbocycles. The Balaban J connectivity index is 0.000000732. The fourth-order valence-corrected chi connectivity index (χ4v) is 4.88. The SMILES string of the molecule is C/C=C(\C(OCc1cc(F)c2c(c1)CCNC2)=C(\C)CC)c1cccc(-n2ncc(C(=O)O)c2OC)n1.C1CCOC1. The third-order valence-electron chi connectivity index (χ3n) is 7.26. The van der Waals surface area contributed by atoms with Crippen molar-refractivity contribution in [3.05, 3.63) is 87.7 Å². The average molecular weight is 579 g/mol. The minimum atomic E-state index is -1.14. The summed E-state index contributed by atoms with van der Waals surface area (Å²) >= 11 is 0. The fraction of sp³-hybridized carbons (Fsp3) is 0.406. The third kappa shape index (κ3) is 7.24. The van der Waals surface area contributed by atoms with Crippen LogP contribution in [-0.4, -0.2) is 52.7 Å². The molecule has 2 N–H and O–H groups in total. The normalized spacial score (nSPS) is 15.3. The number of ether oxygens (including phenoxy) is 3. The van der Waals surface area contributed by atoms with E-state index < -0.39 is 5.97 Å². The number of nitrogens with zero attached hydrogens (tertiary/aromatic N) is 3. The molecule has 10 heteroatoms. The number of aromatic nitrogens is 3. The van der Waals surface area contributed by atoms with Gasteiger partial charge in [0.15, 0.2) is 5.82 Å². The number of carbonyl (C=O) groups is 1. The Bertz CT molecular complexity index is 1450. The van der Waals surface area contributed by atoms with Gasteiger partial charge in [-0.05, 0) is 81.0 Å². The summed E-state index contributed by atoms with van der Waals surface area (Å²) in [5.74, 6) is -0.190. The fourth-order valence-electron chi connectivity index (χ4n) is 4.88. The van der Waals surface area contributed by atoms with E-state index in [4.69, 9.17) is 19.2 Å². The molecule has 0 radical (unpaired) electrons. The topological polar surface area (TPSA) is 108 Å². The Kier molecular flexibility index (Phi) is 10.9. The molecule has 0 unspecified atom stereocenters. The predicted molar refractivity (Wildman–Crippen MR) is 158 cm³/mol. The monoisotopic (exact) mass is 578 g/mol. The van der Waals surface area contributed by atoms with Crippen LogP contribution in [0.15, 0.2) is 53.9 Å². The van der Waals surface area contributed by atoms with Gasteiger partial charge < -0.3 is 24.6 Å². The van der Waals surface area contributed by atoms with E-state index in [1.165, 1.54) is 30.8 Å². The van der Waals surface area contributed by atoms with E-state index in [1.807, 2.05) is 45.0 Å². The molecule has 0 atom stereocenters. The van der Waals surface area contributed by atoms with Crippen LogP contribution in [0.25, 0.3) is 11.4 Å². The highest BCUT2D eigenvalue weighted by Crippen LogP contribution is 2.30. The van der Waals surface area contributed by atoms with Gasteiger partial charge in [0.05, 0.1) is 19.0 Å². The molecule has 0 saturated carbocycles. The largest absolute Gasteiger partial charge is 0.488 e. The van der Waals surface area contributed by atoms with Crippen LogP contribution in [0.3, 0.4) is 0 Å². The Labute approximate surface area is 246 Å². The van der Waals surface area contributed by atoms with Crippen LogP contribution in [0.5, 0.6) is 5.88 Å². The zero-order valence-electron chi connectivity index (χ0n) is 24.7. The van der Waals surface area contributed by atoms with Gasteiger partial charge in [-0.1, -0.05) is 25.1 Å². The van der Waals surface area contributed by atoms with Crippen LogP contribution >= 0.6 is 0 Å². The number of carboxylic acid groups (broad SMARTS) is 1. The Morgan fingerprint density at radius 2 is 2.05 bits per heavy atom. The van der Waals surface area contributed by atoms with Gasteiger partial charge in [0.25, 0.3) is 0 Å². The number of methoxy groups -OCH3 is 1. The quantitative estimate of drug-likeness (QED) is 0.240. The number of fused-ring (bicyclic) bond motifs is 1. The molecule has 2 aliphatic rings. The second-order valence-corrected chi connectivity index (χ2v) is 10.1. The predicted octanol–water partition coefficient (Wildman–Crippen LogP) is 5.86. The van der Waals surface area contributed by atoms with Crippen LogP contribution in [0, 0.1) is 5.82 Å². The molecule has 2 aromatic heterocycles. The van der Waals surface area contributed by atoms with E-state index in [1.54, 1.807) is 12.1 Å². The Morgan fingerprint density at radius 3 is 2.69 bits per heavy atom. The molecule has 5 rings (SSSR count). The molecular weight excluding hydrogens is 539 g/mol. The van der Waals surface area contributed by atoms with Gasteiger partial charge in [-0.15, -0.1) is 0 Å². The molecule has 1 fully saturated rings. The molecule has 1 saturated heterocycles. The van der Waals surface area contributed by atoms with Crippen molar-refractivity contribution in [3.8, 4) is 11.7 Å². The summed E-state index contributed by atoms with van der Waals surface area (Å²) in [4.78, 5) is 16.3. The lowest BCUT2D eigenvalue weighted by molar-refractivity contribution is 0.0693. The Hall–Kier alpha value is -4.02. The van der Waals surface area contributed by atoms with Gasteiger partial charge in [-0.2, -0.15) is 9.78 Å². The van der Waals surface area contributed by atoms with Crippen molar-refractivity contribution in [2.24, 2.45) is 0 Å². The number of nitrogens with one attached hydrogen (secondary N) is 1. The smallest absolute Gasteiger partial charge is 0.342 e. The van der Waals surface area contributed by atoms with E-state index >= 15 is 0 Å². The van der Waals surface area contributed by atoms with Gasteiger partial charge in [0.2, 0.25) is 5.88 Å². The van der Waals surface area contributed by atoms with Gasteiger partial charge in [-0.3, -0.25) is 0 Å². The van der Waals surface area contributed by atoms with Gasteiger partial charge >= 0.3 is 5.97 Å². The van der Waals surface area contributed by atoms with Crippen LogP contribution < -0.4 is 10.1 Å². The summed E-state index contributed by atoms with van der Waals surface area (Å²) in [6, 6.07) is 8.96. The number of halogens is 1. The third-order valence-corrected chi connectivity index (χ3v) is 7.26. The van der Waals surface area contributed by atoms with Crippen molar-refractivity contribution >= 4 is 11.5 Å². The molecule has 4 heterocycles. The number of allylic oxidation sites excluding steroid dienone is 3. The maximum Gasteiger partial charge on any atom is 0.342 e. The highest BCUT2D eigenvalue weighted by Gasteiger charge is 2.21. The summed E-state index contributed by atoms with van der Waals surface area (Å²) in [5, 5.41) is 16.8. The van der Waals surface area contributed by atoms with E-state index in [0.29, 0.717) is 23.8 Å². The number of benzene rings is 1. The molecule has 0 aliphatic carbocycles. The molecule has 0 bridgehead atoms. The van der Waals surface area contributed by atoms with E-state index in [9.17, 15) is 14.3 Å². The minimum Gasteiger partial charge on any atom is -0.488 e. The lowest BCUT2D eigenvalue weighted by atomic mass is 9.98. The van der Waals surface area contributed by atoms with Gasteiger partial charge in [0.1, 0.15) is 23.7 Å². The summed E-state index contributed by atoms with van der Waals surface area (Å²) in [6.07, 6.45) is 7.25. The second kappa shape index (κ2) is 14.7. The first-order valence-electron chi connectivity index (χ1n) is 14.3. The zero-order chi connectivity index (χ0) is 30.1. The van der Waals surface area contributed by atoms with Crippen LogP contribution in [-0.2, 0) is 29.0 Å². The van der Waals surface area contributed by atoms with Crippen LogP contribution in [0.4, 0.5) is 4.39 Å². The van der Waals surface area contributed by atoms with E-state index in [0.717, 1.165) is 60.4 Å². The minimum absolute atomic E-state index is 0.0558. The number of hydrogen-bond acceptors (Lipinski definition) is 7. The highest BCUT2D eigenvalue weighted by molar-refractivity contribution is 5.90. The molecule has 224 valence electrons. The number of aromatic carboxylic acids is 1. The first kappa shape index (κ1) is 30.9. The molecule has 42 heavy (non-hydrogen) atoms. The average Bonchev–Trinajstić information content (AvgIpc) is 3.73. The van der Waals surface area contributed by atoms with Crippen molar-refractivity contribution in [1.29, 1.82) is 0 Å². The molecular formula is C32H39FN4O5. The first-order chi connectivity index (χ1) is 20.4. The van der Waals surface area contributed by atoms with E-state index in [-0.39, 0.29) is 23.9 Å². The lowest BCUT2D eigenvalue weighted by Crippen LogP contribution is -2.24.